The lowest BCUT2D eigenvalue weighted by atomic mass is 10.2. The first-order chi connectivity index (χ1) is 9.65. The molecular weight excluding hydrogens is 412 g/mol. The number of benzene rings is 2. The number of hydrogen-bond acceptors (Lipinski definition) is 4. The van der Waals surface area contributed by atoms with Gasteiger partial charge in [-0.15, -0.1) is 34.0 Å². The molecule has 2 aromatic carbocycles. The van der Waals surface area contributed by atoms with Crippen LogP contribution in [-0.4, -0.2) is 11.9 Å². The minimum absolute atomic E-state index is 0. The Bertz CT molecular complexity index is 601. The number of nitrogens with two attached hydrogens (primary N) is 1. The van der Waals surface area contributed by atoms with Gasteiger partial charge in [-0.05, 0) is 43.3 Å². The molecule has 5 nitrogen and oxygen atoms in total. The number of azo groups is 1. The van der Waals surface area contributed by atoms with Gasteiger partial charge >= 0.3 is 0 Å². The zero-order chi connectivity index (χ0) is 14.4. The van der Waals surface area contributed by atoms with Crippen LogP contribution in [0, 0.1) is 0 Å². The van der Waals surface area contributed by atoms with Crippen molar-refractivity contribution in [3.63, 3.8) is 0 Å². The number of nitrogens with zero attached hydrogens (tertiary/aromatic N) is 2. The number of amides is 1. The van der Waals surface area contributed by atoms with Gasteiger partial charge in [0.05, 0.1) is 17.4 Å². The maximum absolute atomic E-state index is 11.4. The number of rotatable bonds is 4. The lowest BCUT2D eigenvalue weighted by Crippen LogP contribution is -2.32. The van der Waals surface area contributed by atoms with Gasteiger partial charge < -0.3 is 11.1 Å². The van der Waals surface area contributed by atoms with E-state index in [2.05, 4.69) is 15.5 Å². The Morgan fingerprint density at radius 2 is 1.45 bits per heavy atom. The summed E-state index contributed by atoms with van der Waals surface area (Å²) in [5.74, 6) is -0.219. The quantitative estimate of drug-likeness (QED) is 0.699. The number of carbonyl (C=O) groups excluding carboxylic acids is 1. The van der Waals surface area contributed by atoms with Gasteiger partial charge in [-0.3, -0.25) is 4.79 Å². The molecule has 0 aliphatic heterocycles. The van der Waals surface area contributed by atoms with Crippen LogP contribution in [0.5, 0.6) is 0 Å². The molecule has 3 N–H and O–H groups in total. The summed E-state index contributed by atoms with van der Waals surface area (Å²) in [6.07, 6.45) is 0. The van der Waals surface area contributed by atoms with Crippen LogP contribution in [0.15, 0.2) is 64.8 Å². The van der Waals surface area contributed by atoms with Crippen molar-refractivity contribution < 1.29 is 4.79 Å². The average molecular weight is 430 g/mol. The van der Waals surface area contributed by atoms with Crippen LogP contribution >= 0.6 is 34.0 Å². The third-order valence-electron chi connectivity index (χ3n) is 2.59. The Kier molecular flexibility index (Phi) is 9.48. The summed E-state index contributed by atoms with van der Waals surface area (Å²) < 4.78 is 0. The Morgan fingerprint density at radius 1 is 0.955 bits per heavy atom. The normalized spacial score (nSPS) is 11.2. The van der Waals surface area contributed by atoms with Gasteiger partial charge in [-0.1, -0.05) is 18.2 Å². The minimum Gasteiger partial charge on any atom is -0.325 e. The van der Waals surface area contributed by atoms with Crippen molar-refractivity contribution >= 4 is 56.9 Å². The van der Waals surface area contributed by atoms with Crippen molar-refractivity contribution in [2.75, 3.05) is 5.32 Å². The number of carbonyl (C=O) groups is 1. The topological polar surface area (TPSA) is 79.8 Å². The molecule has 118 valence electrons. The molecule has 0 aromatic heterocycles. The summed E-state index contributed by atoms with van der Waals surface area (Å²) in [6, 6.07) is 16.0. The predicted octanol–water partition coefficient (Wildman–Crippen LogP) is 4.54. The third-order valence-corrected chi connectivity index (χ3v) is 2.59. The molecule has 0 fully saturated rings. The zero-order valence-electron chi connectivity index (χ0n) is 12.0. The largest absolute Gasteiger partial charge is 0.325 e. The molecule has 0 saturated heterocycles. The highest BCUT2D eigenvalue weighted by atomic mass is 79.9. The van der Waals surface area contributed by atoms with Gasteiger partial charge in [0.1, 0.15) is 0 Å². The van der Waals surface area contributed by atoms with Crippen molar-refractivity contribution in [3.05, 3.63) is 54.6 Å². The molecule has 7 heteroatoms. The van der Waals surface area contributed by atoms with Crippen LogP contribution in [0.3, 0.4) is 0 Å². The maximum atomic E-state index is 11.4. The van der Waals surface area contributed by atoms with E-state index in [1.54, 1.807) is 31.2 Å². The first kappa shape index (κ1) is 20.4. The van der Waals surface area contributed by atoms with Crippen LogP contribution < -0.4 is 11.1 Å². The molecule has 0 bridgehead atoms. The summed E-state index contributed by atoms with van der Waals surface area (Å²) in [5.41, 5.74) is 7.68. The Morgan fingerprint density at radius 3 is 1.95 bits per heavy atom. The molecule has 22 heavy (non-hydrogen) atoms. The highest BCUT2D eigenvalue weighted by molar-refractivity contribution is 8.93. The fraction of sp³-hybridized carbons (Fsp3) is 0.133. The Balaban J connectivity index is 0.00000220. The lowest BCUT2D eigenvalue weighted by molar-refractivity contribution is -0.117. The molecule has 1 amide bonds. The van der Waals surface area contributed by atoms with Gasteiger partial charge in [-0.25, -0.2) is 0 Å². The average Bonchev–Trinajstić information content (AvgIpc) is 2.47. The van der Waals surface area contributed by atoms with E-state index in [-0.39, 0.29) is 39.9 Å². The second-order valence-corrected chi connectivity index (χ2v) is 4.36. The van der Waals surface area contributed by atoms with Crippen molar-refractivity contribution in [2.45, 2.75) is 13.0 Å². The van der Waals surface area contributed by atoms with Gasteiger partial charge in [0.2, 0.25) is 5.91 Å². The summed E-state index contributed by atoms with van der Waals surface area (Å²) in [5, 5.41) is 10.9. The van der Waals surface area contributed by atoms with E-state index in [4.69, 9.17) is 5.73 Å². The standard InChI is InChI=1S/C15H16N4O.2BrH/c1-11(16)15(20)17-12-7-9-14(10-8-12)19-18-13-5-3-2-4-6-13;;/h2-11H,16H2,1H3,(H,17,20);2*1H/t11-;;/m0../s1. The van der Waals surface area contributed by atoms with Gasteiger partial charge in [0.25, 0.3) is 0 Å². The maximum Gasteiger partial charge on any atom is 0.240 e. The summed E-state index contributed by atoms with van der Waals surface area (Å²) in [4.78, 5) is 11.4. The molecule has 0 aliphatic carbocycles. The van der Waals surface area contributed by atoms with Crippen LogP contribution in [0.2, 0.25) is 0 Å². The molecular formula is C15H18Br2N4O. The summed E-state index contributed by atoms with van der Waals surface area (Å²) >= 11 is 0. The molecule has 0 unspecified atom stereocenters. The van der Waals surface area contributed by atoms with Crippen molar-refractivity contribution in [3.8, 4) is 0 Å². The van der Waals surface area contributed by atoms with E-state index in [0.29, 0.717) is 11.4 Å². The first-order valence-corrected chi connectivity index (χ1v) is 6.28. The molecule has 2 rings (SSSR count). The fourth-order valence-electron chi connectivity index (χ4n) is 1.48. The Labute approximate surface area is 150 Å². The summed E-state index contributed by atoms with van der Waals surface area (Å²) in [6.45, 7) is 1.64. The number of anilines is 1. The van der Waals surface area contributed by atoms with E-state index >= 15 is 0 Å². The summed E-state index contributed by atoms with van der Waals surface area (Å²) in [7, 11) is 0. The minimum atomic E-state index is -0.535. The van der Waals surface area contributed by atoms with Gasteiger partial charge in [0.15, 0.2) is 0 Å². The fourth-order valence-corrected chi connectivity index (χ4v) is 1.48. The van der Waals surface area contributed by atoms with Crippen LogP contribution in [-0.2, 0) is 4.79 Å². The SMILES string of the molecule is Br.Br.C[C@H](N)C(=O)Nc1ccc(N=Nc2ccccc2)cc1. The van der Waals surface area contributed by atoms with Crippen molar-refractivity contribution in [1.29, 1.82) is 0 Å². The van der Waals surface area contributed by atoms with E-state index in [0.717, 1.165) is 5.69 Å². The number of nitrogens with one attached hydrogen (secondary N) is 1. The molecule has 0 saturated carbocycles. The smallest absolute Gasteiger partial charge is 0.240 e. The highest BCUT2D eigenvalue weighted by Crippen LogP contribution is 2.19. The van der Waals surface area contributed by atoms with E-state index in [9.17, 15) is 4.79 Å². The van der Waals surface area contributed by atoms with Crippen molar-refractivity contribution in [1.82, 2.24) is 0 Å². The van der Waals surface area contributed by atoms with Crippen LogP contribution in [0.1, 0.15) is 6.92 Å². The second-order valence-electron chi connectivity index (χ2n) is 4.36. The molecule has 0 radical (unpaired) electrons. The number of hydrogen-bond donors (Lipinski definition) is 2. The lowest BCUT2D eigenvalue weighted by Gasteiger charge is -2.07. The molecule has 0 spiro atoms. The molecule has 2 aromatic rings. The van der Waals surface area contributed by atoms with Gasteiger partial charge in [0, 0.05) is 5.69 Å². The molecule has 0 heterocycles. The first-order valence-electron chi connectivity index (χ1n) is 6.28. The van der Waals surface area contributed by atoms with Crippen LogP contribution in [0.4, 0.5) is 17.1 Å². The third kappa shape index (κ3) is 6.46. The number of halogens is 2. The Hall–Kier alpha value is -1.57. The van der Waals surface area contributed by atoms with Gasteiger partial charge in [-0.2, -0.15) is 10.2 Å². The monoisotopic (exact) mass is 428 g/mol. The van der Waals surface area contributed by atoms with E-state index in [1.807, 2.05) is 30.3 Å². The molecule has 0 aliphatic rings. The highest BCUT2D eigenvalue weighted by Gasteiger charge is 2.06. The van der Waals surface area contributed by atoms with Crippen LogP contribution in [0.25, 0.3) is 0 Å². The zero-order valence-corrected chi connectivity index (χ0v) is 15.4. The second kappa shape index (κ2) is 10.2. The van der Waals surface area contributed by atoms with E-state index < -0.39 is 6.04 Å². The van der Waals surface area contributed by atoms with Crippen molar-refractivity contribution in [2.24, 2.45) is 16.0 Å². The predicted molar refractivity (Wildman–Crippen MR) is 100.0 cm³/mol. The molecule has 1 atom stereocenters. The van der Waals surface area contributed by atoms with E-state index in [1.165, 1.54) is 0 Å².